The number of rotatable bonds is 10. The van der Waals surface area contributed by atoms with Gasteiger partial charge in [0.2, 0.25) is 11.8 Å². The van der Waals surface area contributed by atoms with Crippen LogP contribution in [0.3, 0.4) is 0 Å². The van der Waals surface area contributed by atoms with Crippen LogP contribution < -0.4 is 10.1 Å². The number of imide groups is 1. The average Bonchev–Trinajstić information content (AvgIpc) is 3.27. The number of unbranched alkanes of at least 4 members (excludes halogenated alkanes) is 1. The van der Waals surface area contributed by atoms with E-state index in [9.17, 15) is 19.2 Å². The lowest BCUT2D eigenvalue weighted by Gasteiger charge is -2.45. The molecular formula is C34H34N2O6. The normalized spacial score (nSPS) is 22.2. The van der Waals surface area contributed by atoms with E-state index in [1.807, 2.05) is 62.4 Å². The van der Waals surface area contributed by atoms with E-state index in [1.165, 1.54) is 0 Å². The van der Waals surface area contributed by atoms with Gasteiger partial charge in [0.05, 0.1) is 18.4 Å². The molecule has 1 saturated heterocycles. The Labute approximate surface area is 245 Å². The second-order valence-electron chi connectivity index (χ2n) is 11.1. The summed E-state index contributed by atoms with van der Waals surface area (Å²) in [7, 11) is 0. The Balaban J connectivity index is 1.22. The maximum absolute atomic E-state index is 14.1. The number of hydrogen-bond acceptors (Lipinski definition) is 6. The average molecular weight is 567 g/mol. The highest BCUT2D eigenvalue weighted by Crippen LogP contribution is 2.61. The molecule has 1 N–H and O–H groups in total. The predicted octanol–water partition coefficient (Wildman–Crippen LogP) is 5.02. The van der Waals surface area contributed by atoms with Gasteiger partial charge in [-0.3, -0.25) is 19.3 Å². The molecule has 8 nitrogen and oxygen atoms in total. The van der Waals surface area contributed by atoms with Gasteiger partial charge < -0.3 is 14.8 Å². The minimum atomic E-state index is -1.08. The second-order valence-corrected chi connectivity index (χ2v) is 11.1. The van der Waals surface area contributed by atoms with Crippen LogP contribution in [0.2, 0.25) is 0 Å². The number of hydrogen-bond donors (Lipinski definition) is 1. The summed E-state index contributed by atoms with van der Waals surface area (Å²) >= 11 is 0. The summed E-state index contributed by atoms with van der Waals surface area (Å²) in [6.07, 6.45) is 1.67. The number of carbonyl (C=O) groups excluding carboxylic acids is 4. The molecule has 8 heteroatoms. The fraction of sp³-hybridized carbons (Fsp3) is 0.353. The first kappa shape index (κ1) is 27.7. The molecule has 0 spiro atoms. The van der Waals surface area contributed by atoms with Gasteiger partial charge in [-0.15, -0.1) is 0 Å². The Hall–Kier alpha value is -4.46. The van der Waals surface area contributed by atoms with E-state index in [2.05, 4.69) is 5.32 Å². The number of esters is 1. The third-order valence-electron chi connectivity index (χ3n) is 8.69. The van der Waals surface area contributed by atoms with Crippen LogP contribution in [0.4, 0.5) is 5.69 Å². The van der Waals surface area contributed by atoms with E-state index >= 15 is 0 Å². The lowest BCUT2D eigenvalue weighted by atomic mass is 9.55. The number of carbonyl (C=O) groups is 4. The van der Waals surface area contributed by atoms with Gasteiger partial charge in [0, 0.05) is 17.5 Å². The van der Waals surface area contributed by atoms with Crippen molar-refractivity contribution in [3.8, 4) is 5.75 Å². The maximum Gasteiger partial charge on any atom is 0.329 e. The molecular weight excluding hydrogens is 532 g/mol. The largest absolute Gasteiger partial charge is 0.494 e. The lowest BCUT2D eigenvalue weighted by Crippen LogP contribution is -2.47. The number of nitrogens with one attached hydrogen (secondary N) is 1. The second kappa shape index (κ2) is 11.4. The van der Waals surface area contributed by atoms with Gasteiger partial charge >= 0.3 is 5.97 Å². The number of likely N-dealkylation sites (tertiary alicyclic amines) is 1. The summed E-state index contributed by atoms with van der Waals surface area (Å²) in [6.45, 7) is 3.87. The molecule has 3 aromatic carbocycles. The quantitative estimate of drug-likeness (QED) is 0.273. The Bertz CT molecular complexity index is 1420. The fourth-order valence-corrected chi connectivity index (χ4v) is 6.99. The minimum Gasteiger partial charge on any atom is -0.494 e. The first-order chi connectivity index (χ1) is 20.4. The van der Waals surface area contributed by atoms with Crippen LogP contribution in [0.5, 0.6) is 5.75 Å². The maximum atomic E-state index is 14.1. The molecule has 3 aliphatic carbocycles. The molecule has 3 atom stereocenters. The van der Waals surface area contributed by atoms with Crippen molar-refractivity contribution >= 4 is 29.4 Å². The van der Waals surface area contributed by atoms with E-state index < -0.39 is 36.4 Å². The molecule has 2 bridgehead atoms. The number of benzene rings is 3. The van der Waals surface area contributed by atoms with Gasteiger partial charge in [0.1, 0.15) is 11.8 Å². The Kier molecular flexibility index (Phi) is 7.54. The summed E-state index contributed by atoms with van der Waals surface area (Å²) in [5.74, 6) is -2.90. The van der Waals surface area contributed by atoms with Crippen LogP contribution in [0, 0.1) is 11.8 Å². The lowest BCUT2D eigenvalue weighted by molar-refractivity contribution is -0.160. The van der Waals surface area contributed by atoms with Crippen molar-refractivity contribution < 1.29 is 28.7 Å². The fourth-order valence-electron chi connectivity index (χ4n) is 6.99. The van der Waals surface area contributed by atoms with Crippen LogP contribution in [0.15, 0.2) is 72.8 Å². The van der Waals surface area contributed by atoms with Crippen LogP contribution in [0.25, 0.3) is 0 Å². The van der Waals surface area contributed by atoms with Crippen molar-refractivity contribution in [1.82, 2.24) is 4.90 Å². The molecule has 3 aromatic rings. The first-order valence-electron chi connectivity index (χ1n) is 14.7. The van der Waals surface area contributed by atoms with Gasteiger partial charge in [-0.25, -0.2) is 4.79 Å². The smallest absolute Gasteiger partial charge is 0.329 e. The molecule has 0 radical (unpaired) electrons. The minimum absolute atomic E-state index is 0.253. The van der Waals surface area contributed by atoms with Crippen molar-refractivity contribution in [2.24, 2.45) is 11.8 Å². The van der Waals surface area contributed by atoms with Crippen LogP contribution in [-0.2, 0) is 23.9 Å². The van der Waals surface area contributed by atoms with E-state index in [4.69, 9.17) is 9.47 Å². The van der Waals surface area contributed by atoms with Gasteiger partial charge in [-0.2, -0.15) is 0 Å². The van der Waals surface area contributed by atoms with Gasteiger partial charge in [-0.1, -0.05) is 68.3 Å². The van der Waals surface area contributed by atoms with E-state index in [0.29, 0.717) is 24.5 Å². The topological polar surface area (TPSA) is 102 Å². The molecule has 1 fully saturated rings. The standard InChI is InChI=1S/C34H34N2O6/c1-3-5-14-26(34(40)42-19-27(37)35-20-15-17-21(18-16-20)41-4-2)36-32(38)30-28-22-10-6-7-11-23(22)29(31(30)33(36)39)25-13-9-8-12-24(25)28/h6-13,15-18,26,28-31H,3-5,14,19H2,1-2H3,(H,35,37)/t26-,28?,29?,30-,31-/m1/s1. The van der Waals surface area contributed by atoms with E-state index in [-0.39, 0.29) is 30.1 Å². The Morgan fingerprint density at radius 3 is 1.81 bits per heavy atom. The van der Waals surface area contributed by atoms with Gasteiger partial charge in [-0.05, 0) is 59.9 Å². The molecule has 0 unspecified atom stereocenters. The molecule has 0 aromatic heterocycles. The summed E-state index contributed by atoms with van der Waals surface area (Å²) in [5, 5.41) is 2.70. The third kappa shape index (κ3) is 4.65. The molecule has 7 rings (SSSR count). The molecule has 4 aliphatic rings. The highest BCUT2D eigenvalue weighted by Gasteiger charge is 2.63. The number of anilines is 1. The summed E-state index contributed by atoms with van der Waals surface area (Å²) in [6, 6.07) is 21.8. The molecule has 216 valence electrons. The number of nitrogens with zero attached hydrogens (tertiary/aromatic N) is 1. The number of amides is 3. The van der Waals surface area contributed by atoms with Gasteiger partial charge in [0.25, 0.3) is 5.91 Å². The van der Waals surface area contributed by atoms with Crippen LogP contribution in [-0.4, -0.2) is 47.8 Å². The zero-order chi connectivity index (χ0) is 29.4. The Morgan fingerprint density at radius 1 is 0.810 bits per heavy atom. The monoisotopic (exact) mass is 566 g/mol. The first-order valence-corrected chi connectivity index (χ1v) is 14.7. The predicted molar refractivity (Wildman–Crippen MR) is 156 cm³/mol. The summed E-state index contributed by atoms with van der Waals surface area (Å²) in [5.41, 5.74) is 4.83. The van der Waals surface area contributed by atoms with Crippen LogP contribution in [0.1, 0.15) is 67.2 Å². The molecule has 3 amide bonds. The zero-order valence-corrected chi connectivity index (χ0v) is 23.7. The Morgan fingerprint density at radius 2 is 1.33 bits per heavy atom. The zero-order valence-electron chi connectivity index (χ0n) is 23.7. The van der Waals surface area contributed by atoms with E-state index in [1.54, 1.807) is 24.3 Å². The summed E-state index contributed by atoms with van der Waals surface area (Å²) in [4.78, 5) is 55.5. The van der Waals surface area contributed by atoms with Crippen molar-refractivity contribution in [3.63, 3.8) is 0 Å². The van der Waals surface area contributed by atoms with Crippen LogP contribution >= 0.6 is 0 Å². The highest BCUT2D eigenvalue weighted by molar-refractivity contribution is 6.10. The highest BCUT2D eigenvalue weighted by atomic mass is 16.5. The molecule has 1 aliphatic heterocycles. The van der Waals surface area contributed by atoms with Crippen molar-refractivity contribution in [1.29, 1.82) is 0 Å². The van der Waals surface area contributed by atoms with E-state index in [0.717, 1.165) is 33.6 Å². The van der Waals surface area contributed by atoms with Crippen molar-refractivity contribution in [2.75, 3.05) is 18.5 Å². The molecule has 42 heavy (non-hydrogen) atoms. The van der Waals surface area contributed by atoms with Crippen molar-refractivity contribution in [2.45, 2.75) is 51.0 Å². The number of ether oxygens (including phenoxy) is 2. The SMILES string of the molecule is CCCC[C@H](C(=O)OCC(=O)Nc1ccc(OCC)cc1)N1C(=O)[C@@H]2C3c4ccccc4C(c4ccccc43)[C@H]2C1=O. The summed E-state index contributed by atoms with van der Waals surface area (Å²) < 4.78 is 10.8. The molecule has 1 heterocycles. The van der Waals surface area contributed by atoms with Gasteiger partial charge in [0.15, 0.2) is 6.61 Å². The van der Waals surface area contributed by atoms with Crippen molar-refractivity contribution in [3.05, 3.63) is 95.1 Å². The molecule has 0 saturated carbocycles. The third-order valence-corrected chi connectivity index (χ3v) is 8.69.